The summed E-state index contributed by atoms with van der Waals surface area (Å²) in [5.41, 5.74) is 4.93. The maximum absolute atomic E-state index is 13.8. The number of fused-ring (bicyclic) bond motifs is 1. The molecule has 0 saturated carbocycles. The van der Waals surface area contributed by atoms with Crippen molar-refractivity contribution in [2.75, 3.05) is 5.32 Å². The number of halogens is 3. The van der Waals surface area contributed by atoms with Crippen molar-refractivity contribution >= 4 is 28.8 Å². The van der Waals surface area contributed by atoms with E-state index in [-0.39, 0.29) is 18.0 Å². The van der Waals surface area contributed by atoms with Crippen LogP contribution in [-0.2, 0) is 11.2 Å². The Balaban J connectivity index is 1.54. The molecule has 0 unspecified atom stereocenters. The van der Waals surface area contributed by atoms with E-state index in [1.54, 1.807) is 16.6 Å². The van der Waals surface area contributed by atoms with Gasteiger partial charge in [-0.05, 0) is 50.1 Å². The molecular weight excluding hydrogens is 422 g/mol. The van der Waals surface area contributed by atoms with Crippen LogP contribution in [0.15, 0.2) is 48.5 Å². The third-order valence-electron chi connectivity index (χ3n) is 5.11. The third-order valence-corrected chi connectivity index (χ3v) is 5.36. The molecule has 31 heavy (non-hydrogen) atoms. The molecule has 0 atom stereocenters. The molecule has 158 valence electrons. The minimum absolute atomic E-state index is 0.0481. The Kier molecular flexibility index (Phi) is 5.69. The van der Waals surface area contributed by atoms with Crippen LogP contribution in [-0.4, -0.2) is 20.5 Å². The number of aromatic nitrogens is 3. The van der Waals surface area contributed by atoms with Crippen LogP contribution in [0.4, 0.5) is 14.5 Å². The van der Waals surface area contributed by atoms with Crippen LogP contribution in [0.25, 0.3) is 16.9 Å². The van der Waals surface area contributed by atoms with Crippen LogP contribution in [0.2, 0.25) is 5.02 Å². The number of nitrogens with zero attached hydrogens (tertiary/aromatic N) is 3. The maximum atomic E-state index is 13.8. The average molecular weight is 441 g/mol. The molecule has 5 nitrogen and oxygen atoms in total. The number of hydrogen-bond acceptors (Lipinski definition) is 3. The van der Waals surface area contributed by atoms with Crippen molar-refractivity contribution in [1.29, 1.82) is 0 Å². The van der Waals surface area contributed by atoms with E-state index in [4.69, 9.17) is 11.6 Å². The molecule has 4 rings (SSSR count). The van der Waals surface area contributed by atoms with Gasteiger partial charge in [0.05, 0.1) is 11.4 Å². The summed E-state index contributed by atoms with van der Waals surface area (Å²) in [7, 11) is 0. The molecule has 0 aliphatic carbocycles. The van der Waals surface area contributed by atoms with Gasteiger partial charge in [0.2, 0.25) is 5.91 Å². The minimum Gasteiger partial charge on any atom is -0.324 e. The van der Waals surface area contributed by atoms with Gasteiger partial charge in [-0.3, -0.25) is 4.79 Å². The van der Waals surface area contributed by atoms with Gasteiger partial charge >= 0.3 is 0 Å². The second-order valence-electron chi connectivity index (χ2n) is 7.24. The highest BCUT2D eigenvalue weighted by molar-refractivity contribution is 6.30. The number of carbonyl (C=O) groups excluding carboxylic acids is 1. The predicted octanol–water partition coefficient (Wildman–Crippen LogP) is 5.52. The Bertz CT molecular complexity index is 1290. The Morgan fingerprint density at radius 1 is 1.10 bits per heavy atom. The number of aryl methyl sites for hydroxylation is 2. The molecule has 2 heterocycles. The van der Waals surface area contributed by atoms with Crippen molar-refractivity contribution in [2.24, 2.45) is 0 Å². The summed E-state index contributed by atoms with van der Waals surface area (Å²) in [6, 6.07) is 12.3. The van der Waals surface area contributed by atoms with Gasteiger partial charge in [0, 0.05) is 40.5 Å². The quantitative estimate of drug-likeness (QED) is 0.444. The fourth-order valence-corrected chi connectivity index (χ4v) is 3.62. The number of nitrogens with one attached hydrogen (secondary N) is 1. The third kappa shape index (κ3) is 4.41. The standard InChI is InChI=1S/C23H19ClF2N4O/c1-13-18(8-10-23(31)28-20-9-7-17(25)11-19(20)26)14(2)30-22(27-13)12-21(29-30)15-3-5-16(24)6-4-15/h3-7,9,11-12H,8,10H2,1-2H3,(H,28,31). The van der Waals surface area contributed by atoms with E-state index in [1.807, 2.05) is 32.0 Å². The van der Waals surface area contributed by atoms with E-state index in [9.17, 15) is 13.6 Å². The summed E-state index contributed by atoms with van der Waals surface area (Å²) in [5, 5.41) is 7.79. The first-order valence-electron chi connectivity index (χ1n) is 9.68. The lowest BCUT2D eigenvalue weighted by Gasteiger charge is -2.11. The lowest BCUT2D eigenvalue weighted by molar-refractivity contribution is -0.116. The predicted molar refractivity (Wildman–Crippen MR) is 116 cm³/mol. The van der Waals surface area contributed by atoms with Gasteiger partial charge in [0.25, 0.3) is 0 Å². The largest absolute Gasteiger partial charge is 0.324 e. The molecule has 8 heteroatoms. The molecule has 0 saturated heterocycles. The topological polar surface area (TPSA) is 59.3 Å². The molecule has 0 aliphatic rings. The molecular formula is C23H19ClF2N4O. The zero-order valence-corrected chi connectivity index (χ0v) is 17.7. The lowest BCUT2D eigenvalue weighted by Crippen LogP contribution is -2.15. The van der Waals surface area contributed by atoms with Gasteiger partial charge in [0.15, 0.2) is 5.65 Å². The monoisotopic (exact) mass is 440 g/mol. The average Bonchev–Trinajstić information content (AvgIpc) is 3.14. The van der Waals surface area contributed by atoms with Crippen molar-refractivity contribution in [3.63, 3.8) is 0 Å². The molecule has 4 aromatic rings. The lowest BCUT2D eigenvalue weighted by atomic mass is 10.1. The van der Waals surface area contributed by atoms with Crippen molar-refractivity contribution < 1.29 is 13.6 Å². The van der Waals surface area contributed by atoms with Gasteiger partial charge in [-0.1, -0.05) is 23.7 Å². The first-order chi connectivity index (χ1) is 14.8. The fraction of sp³-hybridized carbons (Fsp3) is 0.174. The minimum atomic E-state index is -0.810. The van der Waals surface area contributed by atoms with Crippen molar-refractivity contribution in [3.05, 3.63) is 82.1 Å². The van der Waals surface area contributed by atoms with Crippen LogP contribution < -0.4 is 5.32 Å². The SMILES string of the molecule is Cc1nc2cc(-c3ccc(Cl)cc3)nn2c(C)c1CCC(=O)Nc1ccc(F)cc1F. The van der Waals surface area contributed by atoms with Gasteiger partial charge in [-0.15, -0.1) is 0 Å². The van der Waals surface area contributed by atoms with Gasteiger partial charge in [-0.2, -0.15) is 5.10 Å². The van der Waals surface area contributed by atoms with E-state index < -0.39 is 11.6 Å². The summed E-state index contributed by atoms with van der Waals surface area (Å²) in [4.78, 5) is 16.9. The molecule has 2 aromatic heterocycles. The van der Waals surface area contributed by atoms with E-state index in [2.05, 4.69) is 15.4 Å². The second-order valence-corrected chi connectivity index (χ2v) is 7.68. The number of rotatable bonds is 5. The van der Waals surface area contributed by atoms with Crippen LogP contribution in [0, 0.1) is 25.5 Å². The molecule has 1 amide bonds. The van der Waals surface area contributed by atoms with E-state index in [0.717, 1.165) is 40.3 Å². The smallest absolute Gasteiger partial charge is 0.224 e. The van der Waals surface area contributed by atoms with E-state index >= 15 is 0 Å². The summed E-state index contributed by atoms with van der Waals surface area (Å²) in [6.45, 7) is 3.81. The van der Waals surface area contributed by atoms with E-state index in [1.165, 1.54) is 6.07 Å². The van der Waals surface area contributed by atoms with E-state index in [0.29, 0.717) is 17.1 Å². The molecule has 1 N–H and O–H groups in total. The zero-order chi connectivity index (χ0) is 22.1. The summed E-state index contributed by atoms with van der Waals surface area (Å²) in [5.74, 6) is -1.87. The van der Waals surface area contributed by atoms with Crippen LogP contribution in [0.1, 0.15) is 23.4 Å². The normalized spacial score (nSPS) is 11.1. The molecule has 0 radical (unpaired) electrons. The highest BCUT2D eigenvalue weighted by atomic mass is 35.5. The number of amides is 1. The first kappa shape index (κ1) is 20.9. The molecule has 0 bridgehead atoms. The van der Waals surface area contributed by atoms with Crippen LogP contribution >= 0.6 is 11.6 Å². The van der Waals surface area contributed by atoms with Crippen LogP contribution in [0.5, 0.6) is 0 Å². The second kappa shape index (κ2) is 8.43. The van der Waals surface area contributed by atoms with Crippen molar-refractivity contribution in [3.8, 4) is 11.3 Å². The Morgan fingerprint density at radius 2 is 1.84 bits per heavy atom. The molecule has 0 aliphatic heterocycles. The molecule has 0 spiro atoms. The van der Waals surface area contributed by atoms with Crippen molar-refractivity contribution in [1.82, 2.24) is 14.6 Å². The number of anilines is 1. The number of carbonyl (C=O) groups is 1. The van der Waals surface area contributed by atoms with Crippen molar-refractivity contribution in [2.45, 2.75) is 26.7 Å². The van der Waals surface area contributed by atoms with Gasteiger partial charge in [0.1, 0.15) is 11.6 Å². The summed E-state index contributed by atoms with van der Waals surface area (Å²) >= 11 is 5.96. The number of benzene rings is 2. The highest BCUT2D eigenvalue weighted by Gasteiger charge is 2.15. The van der Waals surface area contributed by atoms with Crippen LogP contribution in [0.3, 0.4) is 0 Å². The summed E-state index contributed by atoms with van der Waals surface area (Å²) < 4.78 is 28.5. The number of hydrogen-bond donors (Lipinski definition) is 1. The van der Waals surface area contributed by atoms with Gasteiger partial charge < -0.3 is 5.32 Å². The maximum Gasteiger partial charge on any atom is 0.224 e. The fourth-order valence-electron chi connectivity index (χ4n) is 3.49. The Morgan fingerprint density at radius 3 is 2.55 bits per heavy atom. The highest BCUT2D eigenvalue weighted by Crippen LogP contribution is 2.24. The van der Waals surface area contributed by atoms with Gasteiger partial charge in [-0.25, -0.2) is 18.3 Å². The summed E-state index contributed by atoms with van der Waals surface area (Å²) in [6.07, 6.45) is 0.530. The zero-order valence-electron chi connectivity index (χ0n) is 16.9. The molecule has 0 fully saturated rings. The Labute approximate surface area is 182 Å². The molecule has 2 aromatic carbocycles. The first-order valence-corrected chi connectivity index (χ1v) is 10.1. The Hall–Kier alpha value is -3.32.